The quantitative estimate of drug-likeness (QED) is 0.349. The van der Waals surface area contributed by atoms with E-state index in [1.54, 1.807) is 24.3 Å². The summed E-state index contributed by atoms with van der Waals surface area (Å²) in [4.78, 5) is 11.2. The van der Waals surface area contributed by atoms with Gasteiger partial charge in [0, 0.05) is 6.42 Å². The molecule has 0 atom stereocenters. The van der Waals surface area contributed by atoms with Gasteiger partial charge >= 0.3 is 19.8 Å². The molecule has 0 aliphatic heterocycles. The maximum absolute atomic E-state index is 11.4. The van der Waals surface area contributed by atoms with Crippen molar-refractivity contribution in [3.8, 4) is 0 Å². The fourth-order valence-electron chi connectivity index (χ4n) is 1.23. The summed E-state index contributed by atoms with van der Waals surface area (Å²) in [7, 11) is 0. The molecule has 2 rings (SSSR count). The zero-order chi connectivity index (χ0) is 14.3. The van der Waals surface area contributed by atoms with E-state index in [-0.39, 0.29) is 32.0 Å². The molecule has 1 aromatic carbocycles. The Morgan fingerprint density at radius 2 is 1.65 bits per heavy atom. The standard InChI is InChI=1S/C9H7Cl3O2.C5H5.Os/c10-9(11,12)8(14)5-7(13)6-3-1-2-4-6;1-2-4-5-3-1;/h1-4,13H,5H2;1-5H;/q;-1;+2/p-1. The monoisotopic (exact) mass is 508 g/mol. The van der Waals surface area contributed by atoms with Gasteiger partial charge in [0.05, 0.1) is 0 Å². The normalized spacial score (nSPS) is 12.4. The minimum Gasteiger partial charge on any atom is -0.875 e. The fraction of sp³-hybridized carbons (Fsp3) is 0.143. The van der Waals surface area contributed by atoms with E-state index >= 15 is 0 Å². The van der Waals surface area contributed by atoms with Gasteiger partial charge in [-0.25, -0.2) is 12.1 Å². The number of alkyl halides is 3. The molecule has 0 N–H and O–H groups in total. The Labute approximate surface area is 146 Å². The summed E-state index contributed by atoms with van der Waals surface area (Å²) in [5, 5.41) is 11.4. The van der Waals surface area contributed by atoms with Crippen LogP contribution in [0.5, 0.6) is 0 Å². The van der Waals surface area contributed by atoms with E-state index in [1.807, 2.05) is 30.3 Å². The molecule has 0 aromatic heterocycles. The third-order valence-electron chi connectivity index (χ3n) is 2.18. The molecule has 0 bridgehead atoms. The fourth-order valence-corrected chi connectivity index (χ4v) is 1.43. The first kappa shape index (κ1) is 19.5. The largest absolute Gasteiger partial charge is 2.00 e. The van der Waals surface area contributed by atoms with Crippen molar-refractivity contribution in [2.75, 3.05) is 0 Å². The summed E-state index contributed by atoms with van der Waals surface area (Å²) in [6.45, 7) is 0. The molecule has 0 fully saturated rings. The van der Waals surface area contributed by atoms with E-state index in [4.69, 9.17) is 34.8 Å². The maximum atomic E-state index is 11.4. The third kappa shape index (κ3) is 7.36. The molecule has 0 saturated carbocycles. The molecule has 1 aliphatic carbocycles. The second-order valence-electron chi connectivity index (χ2n) is 3.66. The minimum absolute atomic E-state index is 0. The second-order valence-corrected chi connectivity index (χ2v) is 5.94. The van der Waals surface area contributed by atoms with Crippen LogP contribution < -0.4 is 5.11 Å². The summed E-state index contributed by atoms with van der Waals surface area (Å²) in [5.74, 6) is -1.06. The van der Waals surface area contributed by atoms with E-state index in [9.17, 15) is 9.90 Å². The van der Waals surface area contributed by atoms with Crippen molar-refractivity contribution in [1.29, 1.82) is 0 Å². The molecule has 20 heavy (non-hydrogen) atoms. The van der Waals surface area contributed by atoms with Crippen molar-refractivity contribution in [2.45, 2.75) is 10.2 Å². The van der Waals surface area contributed by atoms with E-state index < -0.39 is 9.58 Å². The van der Waals surface area contributed by atoms with Crippen LogP contribution in [0.2, 0.25) is 0 Å². The third-order valence-corrected chi connectivity index (χ3v) is 2.81. The van der Waals surface area contributed by atoms with Gasteiger partial charge in [-0.05, 0) is 5.57 Å². The Morgan fingerprint density at radius 1 is 1.15 bits per heavy atom. The first-order chi connectivity index (χ1) is 8.91. The Kier molecular flexibility index (Phi) is 9.26. The topological polar surface area (TPSA) is 40.1 Å². The number of carbonyl (C=O) groups excluding carboxylic acids is 1. The molecule has 1 aliphatic rings. The van der Waals surface area contributed by atoms with Crippen LogP contribution in [0.25, 0.3) is 0 Å². The average Bonchev–Trinajstić information content (AvgIpc) is 3.04. The zero-order valence-electron chi connectivity index (χ0n) is 10.2. The molecular formula is C14H11Cl3O2Os. The first-order valence-corrected chi connectivity index (χ1v) is 6.56. The Morgan fingerprint density at radius 3 is 2.00 bits per heavy atom. The molecule has 108 valence electrons. The summed E-state index contributed by atoms with van der Waals surface area (Å²) < 4.78 is -2.01. The number of carbonyl (C=O) groups is 1. The molecule has 6 heteroatoms. The summed E-state index contributed by atoms with van der Waals surface area (Å²) in [5.41, 5.74) is 0.451. The van der Waals surface area contributed by atoms with Gasteiger partial charge in [0.25, 0.3) is 0 Å². The Bertz CT molecular complexity index is 466. The molecule has 0 unspecified atom stereocenters. The van der Waals surface area contributed by atoms with Gasteiger partial charge in [0.15, 0.2) is 5.78 Å². The van der Waals surface area contributed by atoms with Gasteiger partial charge in [0.2, 0.25) is 3.79 Å². The summed E-state index contributed by atoms with van der Waals surface area (Å²) >= 11 is 16.0. The van der Waals surface area contributed by atoms with Crippen LogP contribution in [0.4, 0.5) is 0 Å². The number of allylic oxidation sites excluding steroid dienone is 6. The van der Waals surface area contributed by atoms with Gasteiger partial charge < -0.3 is 5.11 Å². The van der Waals surface area contributed by atoms with Gasteiger partial charge in [-0.1, -0.05) is 59.1 Å². The molecular weight excluding hydrogens is 497 g/mol. The molecule has 2 nitrogen and oxygen atoms in total. The second kappa shape index (κ2) is 9.48. The number of ketones is 1. The number of Topliss-reactive ketones (excluding diaryl/α,β-unsaturated/α-hetero) is 1. The molecule has 0 heterocycles. The van der Waals surface area contributed by atoms with E-state index in [0.717, 1.165) is 0 Å². The summed E-state index contributed by atoms with van der Waals surface area (Å²) in [6.07, 6.45) is 6.22. The average molecular weight is 508 g/mol. The van der Waals surface area contributed by atoms with Gasteiger partial charge in [-0.3, -0.25) is 4.79 Å². The van der Waals surface area contributed by atoms with Crippen LogP contribution in [0.3, 0.4) is 0 Å². The SMILES string of the molecule is O=C(CC([O-])=C1C=CC=C1)C(Cl)(Cl)Cl.[Os+2].c1cc[cH-]c1. The van der Waals surface area contributed by atoms with Crippen molar-refractivity contribution >= 4 is 40.6 Å². The Hall–Kier alpha value is -0.454. The molecule has 1 aromatic rings. The molecule has 0 saturated heterocycles. The van der Waals surface area contributed by atoms with Gasteiger partial charge in [0.1, 0.15) is 0 Å². The molecule has 0 spiro atoms. The van der Waals surface area contributed by atoms with Crippen LogP contribution in [-0.2, 0) is 24.6 Å². The summed E-state index contributed by atoms with van der Waals surface area (Å²) in [6, 6.07) is 10.0. The zero-order valence-corrected chi connectivity index (χ0v) is 15.0. The molecule has 0 amide bonds. The van der Waals surface area contributed by atoms with Crippen molar-refractivity contribution in [1.82, 2.24) is 0 Å². The van der Waals surface area contributed by atoms with E-state index in [0.29, 0.717) is 5.57 Å². The minimum atomic E-state index is -2.01. The van der Waals surface area contributed by atoms with Crippen molar-refractivity contribution in [3.05, 3.63) is 66.0 Å². The molecule has 0 radical (unpaired) electrons. The maximum Gasteiger partial charge on any atom is 2.00 e. The van der Waals surface area contributed by atoms with Crippen LogP contribution in [0.15, 0.2) is 66.0 Å². The van der Waals surface area contributed by atoms with E-state index in [2.05, 4.69) is 0 Å². The van der Waals surface area contributed by atoms with Crippen molar-refractivity contribution in [2.24, 2.45) is 0 Å². The number of halogens is 3. The van der Waals surface area contributed by atoms with Crippen LogP contribution >= 0.6 is 34.8 Å². The van der Waals surface area contributed by atoms with Gasteiger partial charge in [-0.15, -0.1) is 5.76 Å². The Balaban J connectivity index is 0.000000507. The number of rotatable bonds is 2. The predicted octanol–water partition coefficient (Wildman–Crippen LogP) is 3.46. The first-order valence-electron chi connectivity index (χ1n) is 5.43. The number of hydrogen-bond acceptors (Lipinski definition) is 2. The van der Waals surface area contributed by atoms with Gasteiger partial charge in [-0.2, -0.15) is 18.2 Å². The van der Waals surface area contributed by atoms with Crippen molar-refractivity contribution in [3.63, 3.8) is 0 Å². The smallest absolute Gasteiger partial charge is 0.875 e. The van der Waals surface area contributed by atoms with E-state index in [1.165, 1.54) is 0 Å². The predicted molar refractivity (Wildman–Crippen MR) is 77.3 cm³/mol. The number of hydrogen-bond donors (Lipinski definition) is 0. The van der Waals surface area contributed by atoms with Crippen LogP contribution in [0, 0.1) is 0 Å². The van der Waals surface area contributed by atoms with Crippen LogP contribution in [-0.4, -0.2) is 9.58 Å². The van der Waals surface area contributed by atoms with Crippen LogP contribution in [0.1, 0.15) is 6.42 Å². The van der Waals surface area contributed by atoms with Crippen molar-refractivity contribution < 1.29 is 29.7 Å².